The Balaban J connectivity index is 1.63. The number of fused-ring (bicyclic) bond motifs is 1. The molecule has 1 aromatic carbocycles. The molecule has 1 aliphatic heterocycles. The second-order valence-electron chi connectivity index (χ2n) is 4.31. The quantitative estimate of drug-likeness (QED) is 0.911. The summed E-state index contributed by atoms with van der Waals surface area (Å²) in [7, 11) is 0. The first-order valence-corrected chi connectivity index (χ1v) is 6.66. The fraction of sp³-hybridized carbons (Fsp3) is 0.417. The Kier molecular flexibility index (Phi) is 3.21. The third kappa shape index (κ3) is 2.34. The minimum atomic E-state index is -0.269. The smallest absolute Gasteiger partial charge is 0.249 e. The van der Waals surface area contributed by atoms with Gasteiger partial charge in [0.2, 0.25) is 5.91 Å². The van der Waals surface area contributed by atoms with E-state index in [9.17, 15) is 4.79 Å². The predicted molar refractivity (Wildman–Crippen MR) is 68.2 cm³/mol. The summed E-state index contributed by atoms with van der Waals surface area (Å²) in [5.74, 6) is -0.0241. The van der Waals surface area contributed by atoms with Gasteiger partial charge < -0.3 is 10.1 Å². The topological polar surface area (TPSA) is 64.1 Å². The summed E-state index contributed by atoms with van der Waals surface area (Å²) in [6.45, 7) is 1.20. The van der Waals surface area contributed by atoms with Crippen molar-refractivity contribution >= 4 is 28.7 Å². The van der Waals surface area contributed by atoms with Crippen LogP contribution in [0, 0.1) is 0 Å². The number of carbonyl (C=O) groups is 1. The Labute approximate surface area is 108 Å². The summed E-state index contributed by atoms with van der Waals surface area (Å²) in [6, 6.07) is 5.83. The van der Waals surface area contributed by atoms with Gasteiger partial charge in [-0.1, -0.05) is 6.07 Å². The molecule has 0 unspecified atom stereocenters. The van der Waals surface area contributed by atoms with Crippen LogP contribution in [0.5, 0.6) is 0 Å². The van der Waals surface area contributed by atoms with Gasteiger partial charge in [0.25, 0.3) is 0 Å². The van der Waals surface area contributed by atoms with E-state index in [-0.39, 0.29) is 12.0 Å². The van der Waals surface area contributed by atoms with Crippen LogP contribution in [-0.2, 0) is 16.1 Å². The number of ether oxygens (including phenoxy) is 1. The van der Waals surface area contributed by atoms with Crippen LogP contribution < -0.4 is 5.32 Å². The average Bonchev–Trinajstić information content (AvgIpc) is 3.05. The molecule has 2 heterocycles. The number of hydrogen-bond donors (Lipinski definition) is 1. The number of rotatable bonds is 3. The number of nitrogens with zero attached hydrogens (tertiary/aromatic N) is 2. The molecular formula is C12H13N3O2S. The van der Waals surface area contributed by atoms with Gasteiger partial charge in [-0.05, 0) is 30.5 Å². The Morgan fingerprint density at radius 2 is 2.33 bits per heavy atom. The van der Waals surface area contributed by atoms with Gasteiger partial charge in [0.15, 0.2) is 0 Å². The van der Waals surface area contributed by atoms with Crippen LogP contribution in [0.25, 0.3) is 11.0 Å². The molecule has 0 bridgehead atoms. The molecule has 0 spiro atoms. The zero-order valence-corrected chi connectivity index (χ0v) is 10.6. The van der Waals surface area contributed by atoms with Crippen LogP contribution in [0.15, 0.2) is 18.2 Å². The van der Waals surface area contributed by atoms with E-state index in [1.807, 2.05) is 18.2 Å². The molecule has 1 atom stereocenters. The minimum absolute atomic E-state index is 0.0241. The van der Waals surface area contributed by atoms with Crippen molar-refractivity contribution in [2.24, 2.45) is 0 Å². The molecule has 1 aliphatic rings. The molecule has 1 aromatic heterocycles. The predicted octanol–water partition coefficient (Wildman–Crippen LogP) is 1.49. The number of amides is 1. The van der Waals surface area contributed by atoms with Crippen molar-refractivity contribution in [1.29, 1.82) is 0 Å². The average molecular weight is 263 g/mol. The second-order valence-corrected chi connectivity index (χ2v) is 4.84. The maximum absolute atomic E-state index is 11.8. The monoisotopic (exact) mass is 263 g/mol. The van der Waals surface area contributed by atoms with Crippen molar-refractivity contribution in [1.82, 2.24) is 14.1 Å². The molecule has 1 fully saturated rings. The highest BCUT2D eigenvalue weighted by Gasteiger charge is 2.22. The standard InChI is InChI=1S/C12H13N3O2S/c16-12(11-2-1-5-17-11)13-7-8-3-4-9-10(6-8)15-18-14-9/h3-4,6,11H,1-2,5,7H2,(H,13,16)/t11-/m1/s1. The first-order chi connectivity index (χ1) is 8.83. The van der Waals surface area contributed by atoms with Gasteiger partial charge in [0.05, 0.1) is 11.7 Å². The molecule has 18 heavy (non-hydrogen) atoms. The van der Waals surface area contributed by atoms with Gasteiger partial charge in [-0.3, -0.25) is 4.79 Å². The summed E-state index contributed by atoms with van der Waals surface area (Å²) in [5, 5.41) is 2.89. The van der Waals surface area contributed by atoms with E-state index >= 15 is 0 Å². The summed E-state index contributed by atoms with van der Waals surface area (Å²) >= 11 is 1.20. The van der Waals surface area contributed by atoms with E-state index in [2.05, 4.69) is 14.1 Å². The third-order valence-electron chi connectivity index (χ3n) is 3.01. The zero-order chi connectivity index (χ0) is 12.4. The van der Waals surface area contributed by atoms with E-state index in [0.29, 0.717) is 13.2 Å². The highest BCUT2D eigenvalue weighted by atomic mass is 32.1. The van der Waals surface area contributed by atoms with Gasteiger partial charge in [0, 0.05) is 13.2 Å². The lowest BCUT2D eigenvalue weighted by Gasteiger charge is -2.10. The van der Waals surface area contributed by atoms with Crippen molar-refractivity contribution < 1.29 is 9.53 Å². The van der Waals surface area contributed by atoms with Gasteiger partial charge in [-0.15, -0.1) is 0 Å². The number of benzene rings is 1. The van der Waals surface area contributed by atoms with Gasteiger partial charge >= 0.3 is 0 Å². The van der Waals surface area contributed by atoms with Crippen molar-refractivity contribution in [2.45, 2.75) is 25.5 Å². The van der Waals surface area contributed by atoms with E-state index in [1.165, 1.54) is 11.7 Å². The highest BCUT2D eigenvalue weighted by Crippen LogP contribution is 2.14. The summed E-state index contributed by atoms with van der Waals surface area (Å²) in [4.78, 5) is 11.8. The van der Waals surface area contributed by atoms with E-state index in [0.717, 1.165) is 29.4 Å². The molecule has 0 radical (unpaired) electrons. The molecule has 5 nitrogen and oxygen atoms in total. The lowest BCUT2D eigenvalue weighted by atomic mass is 10.2. The molecule has 0 saturated carbocycles. The van der Waals surface area contributed by atoms with Crippen molar-refractivity contribution in [3.05, 3.63) is 23.8 Å². The number of carbonyl (C=O) groups excluding carboxylic acids is 1. The largest absolute Gasteiger partial charge is 0.368 e. The van der Waals surface area contributed by atoms with Crippen molar-refractivity contribution in [2.75, 3.05) is 6.61 Å². The fourth-order valence-corrected chi connectivity index (χ4v) is 2.54. The summed E-state index contributed by atoms with van der Waals surface area (Å²) in [5.41, 5.74) is 2.81. The third-order valence-corrected chi connectivity index (χ3v) is 3.56. The van der Waals surface area contributed by atoms with Crippen LogP contribution in [0.4, 0.5) is 0 Å². The maximum Gasteiger partial charge on any atom is 0.249 e. The van der Waals surface area contributed by atoms with E-state index in [4.69, 9.17) is 4.74 Å². The Hall–Kier alpha value is -1.53. The van der Waals surface area contributed by atoms with Crippen LogP contribution >= 0.6 is 11.7 Å². The maximum atomic E-state index is 11.8. The SMILES string of the molecule is O=C(NCc1ccc2nsnc2c1)[C@H]1CCCO1. The van der Waals surface area contributed by atoms with E-state index in [1.54, 1.807) is 0 Å². The first-order valence-electron chi connectivity index (χ1n) is 5.93. The lowest BCUT2D eigenvalue weighted by Crippen LogP contribution is -2.33. The first kappa shape index (κ1) is 11.6. The van der Waals surface area contributed by atoms with Crippen LogP contribution in [-0.4, -0.2) is 27.4 Å². The minimum Gasteiger partial charge on any atom is -0.368 e. The molecule has 0 aliphatic carbocycles. The molecular weight excluding hydrogens is 250 g/mol. The molecule has 1 saturated heterocycles. The molecule has 1 N–H and O–H groups in total. The van der Waals surface area contributed by atoms with Gasteiger partial charge in [0.1, 0.15) is 17.1 Å². The lowest BCUT2D eigenvalue weighted by molar-refractivity contribution is -0.130. The van der Waals surface area contributed by atoms with Crippen LogP contribution in [0.1, 0.15) is 18.4 Å². The van der Waals surface area contributed by atoms with Crippen molar-refractivity contribution in [3.8, 4) is 0 Å². The Morgan fingerprint density at radius 3 is 3.17 bits per heavy atom. The van der Waals surface area contributed by atoms with Gasteiger partial charge in [-0.25, -0.2) is 0 Å². The summed E-state index contributed by atoms with van der Waals surface area (Å²) < 4.78 is 13.6. The van der Waals surface area contributed by atoms with Crippen LogP contribution in [0.3, 0.4) is 0 Å². The molecule has 1 amide bonds. The molecule has 6 heteroatoms. The number of nitrogens with one attached hydrogen (secondary N) is 1. The number of aromatic nitrogens is 2. The Bertz CT molecular complexity index is 563. The van der Waals surface area contributed by atoms with Crippen LogP contribution in [0.2, 0.25) is 0 Å². The normalized spacial score (nSPS) is 19.2. The fourth-order valence-electron chi connectivity index (χ4n) is 2.03. The molecule has 2 aromatic rings. The van der Waals surface area contributed by atoms with Gasteiger partial charge in [-0.2, -0.15) is 8.75 Å². The number of hydrogen-bond acceptors (Lipinski definition) is 5. The Morgan fingerprint density at radius 1 is 1.44 bits per heavy atom. The zero-order valence-electron chi connectivity index (χ0n) is 9.76. The van der Waals surface area contributed by atoms with Crippen molar-refractivity contribution in [3.63, 3.8) is 0 Å². The molecule has 3 rings (SSSR count). The highest BCUT2D eigenvalue weighted by molar-refractivity contribution is 7.00. The second kappa shape index (κ2) is 4.99. The summed E-state index contributed by atoms with van der Waals surface area (Å²) in [6.07, 6.45) is 1.52. The molecule has 94 valence electrons. The van der Waals surface area contributed by atoms with E-state index < -0.39 is 0 Å².